The molecule has 2 aliphatic rings. The molecule has 2 atom stereocenters. The first-order valence-corrected chi connectivity index (χ1v) is 14.3. The van der Waals surface area contributed by atoms with Gasteiger partial charge in [0.05, 0.1) is 28.2 Å². The smallest absolute Gasteiger partial charge is 0.387 e. The van der Waals surface area contributed by atoms with Crippen molar-refractivity contribution in [3.05, 3.63) is 52.4 Å². The number of aromatic nitrogens is 3. The van der Waals surface area contributed by atoms with E-state index in [-0.39, 0.29) is 41.2 Å². The molecule has 2 fully saturated rings. The number of anilines is 1. The van der Waals surface area contributed by atoms with Gasteiger partial charge >= 0.3 is 6.61 Å². The fraction of sp³-hybridized carbons (Fsp3) is 0.462. The number of ether oxygens (including phenoxy) is 1. The van der Waals surface area contributed by atoms with Gasteiger partial charge in [0, 0.05) is 30.7 Å². The van der Waals surface area contributed by atoms with Crippen LogP contribution in [0, 0.1) is 11.3 Å². The lowest BCUT2D eigenvalue weighted by molar-refractivity contribution is -0.0513. The molecule has 1 saturated carbocycles. The van der Waals surface area contributed by atoms with E-state index >= 15 is 0 Å². The first-order chi connectivity index (χ1) is 19.0. The number of pyridine rings is 1. The fourth-order valence-corrected chi connectivity index (χ4v) is 6.99. The highest BCUT2D eigenvalue weighted by molar-refractivity contribution is 7.89. The number of benzene rings is 1. The molecule has 5 rings (SSSR count). The van der Waals surface area contributed by atoms with Crippen molar-refractivity contribution in [1.29, 1.82) is 5.26 Å². The predicted molar refractivity (Wildman–Crippen MR) is 141 cm³/mol. The van der Waals surface area contributed by atoms with Gasteiger partial charge in [0.1, 0.15) is 5.65 Å². The summed E-state index contributed by atoms with van der Waals surface area (Å²) in [4.78, 5) is 22.1. The third kappa shape index (κ3) is 5.36. The molecule has 0 unspecified atom stereocenters. The number of nitrogens with zero attached hydrogens (tertiary/aromatic N) is 5. The van der Waals surface area contributed by atoms with Crippen molar-refractivity contribution in [2.45, 2.75) is 68.2 Å². The molecule has 40 heavy (non-hydrogen) atoms. The molecule has 1 aliphatic heterocycles. The fourth-order valence-electron chi connectivity index (χ4n) is 5.47. The Morgan fingerprint density at radius 3 is 2.65 bits per heavy atom. The lowest BCUT2D eigenvalue weighted by atomic mass is 10.00. The molecule has 3 heterocycles. The Balaban J connectivity index is 1.38. The number of fused-ring (bicyclic) bond motifs is 1. The summed E-state index contributed by atoms with van der Waals surface area (Å²) in [6.07, 6.45) is 3.82. The van der Waals surface area contributed by atoms with Crippen LogP contribution in [0.3, 0.4) is 0 Å². The summed E-state index contributed by atoms with van der Waals surface area (Å²) in [7, 11) is -3.77. The minimum atomic E-state index is -3.77. The number of aliphatic hydroxyl groups is 1. The van der Waals surface area contributed by atoms with Crippen LogP contribution in [-0.4, -0.2) is 63.7 Å². The highest BCUT2D eigenvalue weighted by Crippen LogP contribution is 2.40. The molecule has 1 saturated heterocycles. The Morgan fingerprint density at radius 1 is 1.25 bits per heavy atom. The summed E-state index contributed by atoms with van der Waals surface area (Å²) >= 11 is 0. The second-order valence-corrected chi connectivity index (χ2v) is 12.2. The molecule has 2 N–H and O–H groups in total. The molecule has 0 bridgehead atoms. The van der Waals surface area contributed by atoms with E-state index in [0.717, 1.165) is 0 Å². The molecule has 0 amide bonds. The van der Waals surface area contributed by atoms with Crippen LogP contribution in [-0.2, 0) is 10.0 Å². The van der Waals surface area contributed by atoms with Crippen LogP contribution < -0.4 is 15.6 Å². The Bertz CT molecular complexity index is 1630. The van der Waals surface area contributed by atoms with E-state index in [9.17, 15) is 27.1 Å². The van der Waals surface area contributed by atoms with E-state index in [1.54, 1.807) is 13.0 Å². The van der Waals surface area contributed by atoms with Gasteiger partial charge in [-0.1, -0.05) is 6.07 Å². The zero-order valence-corrected chi connectivity index (χ0v) is 22.4. The van der Waals surface area contributed by atoms with Gasteiger partial charge in [0.15, 0.2) is 5.75 Å². The lowest BCUT2D eigenvalue weighted by Crippen LogP contribution is -2.42. The van der Waals surface area contributed by atoms with Crippen LogP contribution in [0.25, 0.3) is 11.0 Å². The third-order valence-corrected chi connectivity index (χ3v) is 9.43. The van der Waals surface area contributed by atoms with Crippen LogP contribution >= 0.6 is 0 Å². The van der Waals surface area contributed by atoms with Gasteiger partial charge in [-0.2, -0.15) is 23.3 Å². The Morgan fingerprint density at radius 2 is 2.00 bits per heavy atom. The molecule has 1 aliphatic carbocycles. The predicted octanol–water partition coefficient (Wildman–Crippen LogP) is 3.01. The minimum Gasteiger partial charge on any atom is -0.429 e. The molecule has 14 heteroatoms. The van der Waals surface area contributed by atoms with Crippen LogP contribution in [0.5, 0.6) is 5.75 Å². The van der Waals surface area contributed by atoms with E-state index in [1.807, 2.05) is 6.07 Å². The van der Waals surface area contributed by atoms with Crippen LogP contribution in [0.15, 0.2) is 46.2 Å². The number of alkyl halides is 2. The van der Waals surface area contributed by atoms with Crippen molar-refractivity contribution in [1.82, 2.24) is 18.8 Å². The molecule has 0 spiro atoms. The number of sulfonamides is 1. The van der Waals surface area contributed by atoms with Crippen LogP contribution in [0.1, 0.15) is 50.6 Å². The SMILES string of the molecule is C[C@@]1(O)CCC[C@H]1n1c(=O)c(OC(F)F)cc2cnc(NC3CCN(S(=O)(=O)c4cccc(C#N)c4)CC3)nc21. The van der Waals surface area contributed by atoms with Crippen molar-refractivity contribution in [3.8, 4) is 11.8 Å². The molecule has 1 aromatic carbocycles. The second kappa shape index (κ2) is 10.7. The molecular formula is C26H28F2N6O5S. The molecule has 212 valence electrons. The van der Waals surface area contributed by atoms with Crippen molar-refractivity contribution in [3.63, 3.8) is 0 Å². The first-order valence-electron chi connectivity index (χ1n) is 12.9. The maximum atomic E-state index is 13.2. The average molecular weight is 575 g/mol. The maximum Gasteiger partial charge on any atom is 0.387 e. The van der Waals surface area contributed by atoms with Gasteiger partial charge in [0.25, 0.3) is 5.56 Å². The number of piperidine rings is 1. The highest BCUT2D eigenvalue weighted by Gasteiger charge is 2.40. The Labute approximate surface area is 229 Å². The largest absolute Gasteiger partial charge is 0.429 e. The van der Waals surface area contributed by atoms with Crippen LogP contribution in [0.4, 0.5) is 14.7 Å². The van der Waals surface area contributed by atoms with Crippen molar-refractivity contribution in [2.75, 3.05) is 18.4 Å². The number of hydrogen-bond acceptors (Lipinski definition) is 9. The number of nitriles is 1. The van der Waals surface area contributed by atoms with E-state index in [4.69, 9.17) is 5.26 Å². The Kier molecular flexibility index (Phi) is 7.47. The first kappa shape index (κ1) is 27.9. The second-order valence-electron chi connectivity index (χ2n) is 10.3. The van der Waals surface area contributed by atoms with E-state index in [0.29, 0.717) is 37.5 Å². The zero-order chi connectivity index (χ0) is 28.7. The quantitative estimate of drug-likeness (QED) is 0.434. The van der Waals surface area contributed by atoms with Gasteiger partial charge < -0.3 is 15.2 Å². The third-order valence-electron chi connectivity index (χ3n) is 7.53. The summed E-state index contributed by atoms with van der Waals surface area (Å²) in [5.74, 6) is -0.368. The zero-order valence-electron chi connectivity index (χ0n) is 21.6. The number of halogens is 2. The van der Waals surface area contributed by atoms with E-state index in [1.165, 1.54) is 39.3 Å². The summed E-state index contributed by atoms with van der Waals surface area (Å²) in [6, 6.07) is 8.12. The molecule has 2 aromatic heterocycles. The van der Waals surface area contributed by atoms with Gasteiger partial charge in [0.2, 0.25) is 16.0 Å². The molecule has 0 radical (unpaired) electrons. The number of hydrogen-bond donors (Lipinski definition) is 2. The monoisotopic (exact) mass is 574 g/mol. The van der Waals surface area contributed by atoms with Crippen molar-refractivity contribution < 1.29 is 27.0 Å². The van der Waals surface area contributed by atoms with Crippen LogP contribution in [0.2, 0.25) is 0 Å². The van der Waals surface area contributed by atoms with Crippen molar-refractivity contribution in [2.24, 2.45) is 0 Å². The Hall–Kier alpha value is -3.67. The number of rotatable bonds is 7. The maximum absolute atomic E-state index is 13.2. The van der Waals surface area contributed by atoms with E-state index in [2.05, 4.69) is 20.0 Å². The van der Waals surface area contributed by atoms with E-state index < -0.39 is 39.6 Å². The lowest BCUT2D eigenvalue weighted by Gasteiger charge is -2.32. The number of nitrogens with one attached hydrogen (secondary N) is 1. The standard InChI is InChI=1S/C26H28F2N6O5S/c1-26(36)9-3-6-21(26)34-22-17(13-20(23(34)35)39-24(27)28)15-30-25(32-22)31-18-7-10-33(11-8-18)40(37,38)19-5-2-4-16(12-19)14-29/h2,4-5,12-13,15,18,21,24,36H,3,6-11H2,1H3,(H,30,31,32)/t21-,26-/m1/s1. The minimum absolute atomic E-state index is 0.0618. The summed E-state index contributed by atoms with van der Waals surface area (Å²) in [5, 5.41) is 23.5. The summed E-state index contributed by atoms with van der Waals surface area (Å²) < 4.78 is 59.2. The van der Waals surface area contributed by atoms with Gasteiger partial charge in [-0.15, -0.1) is 0 Å². The highest BCUT2D eigenvalue weighted by atomic mass is 32.2. The van der Waals surface area contributed by atoms with Gasteiger partial charge in [-0.25, -0.2) is 13.4 Å². The normalized spacial score (nSPS) is 22.4. The summed E-state index contributed by atoms with van der Waals surface area (Å²) in [6.45, 7) is -1.14. The topological polar surface area (TPSA) is 150 Å². The molecule has 11 nitrogen and oxygen atoms in total. The van der Waals surface area contributed by atoms with Gasteiger partial charge in [-0.05, 0) is 63.3 Å². The van der Waals surface area contributed by atoms with Crippen molar-refractivity contribution >= 4 is 27.0 Å². The summed E-state index contributed by atoms with van der Waals surface area (Å²) in [5.41, 5.74) is -1.63. The average Bonchev–Trinajstić information content (AvgIpc) is 3.27. The molecule has 3 aromatic rings. The van der Waals surface area contributed by atoms with Gasteiger partial charge in [-0.3, -0.25) is 9.36 Å². The molecular weight excluding hydrogens is 546 g/mol.